The van der Waals surface area contributed by atoms with Crippen LogP contribution < -0.4 is 10.1 Å². The van der Waals surface area contributed by atoms with Crippen molar-refractivity contribution in [1.29, 1.82) is 0 Å². The van der Waals surface area contributed by atoms with Crippen LogP contribution in [-0.4, -0.2) is 42.0 Å². The molecule has 1 unspecified atom stereocenters. The molecule has 0 spiro atoms. The molecule has 1 atom stereocenters. The molecule has 0 radical (unpaired) electrons. The maximum absolute atomic E-state index is 12.9. The fourth-order valence-corrected chi connectivity index (χ4v) is 5.19. The molecule has 160 valence electrons. The molecule has 6 nitrogen and oxygen atoms in total. The minimum Gasteiger partial charge on any atom is -0.460 e. The lowest BCUT2D eigenvalue weighted by Crippen LogP contribution is -2.31. The number of ether oxygens (including phenoxy) is 1. The second-order valence-corrected chi connectivity index (χ2v) is 8.97. The highest BCUT2D eigenvalue weighted by molar-refractivity contribution is 7.17. The number of pyridine rings is 1. The van der Waals surface area contributed by atoms with Crippen LogP contribution in [0.4, 0.5) is 0 Å². The number of nitrogens with zero attached hydrogens (tertiary/aromatic N) is 2. The summed E-state index contributed by atoms with van der Waals surface area (Å²) in [6.07, 6.45) is 5.16. The van der Waals surface area contributed by atoms with Gasteiger partial charge in [0.2, 0.25) is 0 Å². The van der Waals surface area contributed by atoms with E-state index >= 15 is 0 Å². The highest BCUT2D eigenvalue weighted by Gasteiger charge is 2.22. The van der Waals surface area contributed by atoms with Crippen LogP contribution in [0.3, 0.4) is 0 Å². The molecule has 1 N–H and O–H groups in total. The number of rotatable bonds is 6. The molecule has 1 saturated heterocycles. The summed E-state index contributed by atoms with van der Waals surface area (Å²) < 4.78 is 13.0. The minimum atomic E-state index is -0.0833. The number of aryl methyl sites for hydroxylation is 1. The van der Waals surface area contributed by atoms with Gasteiger partial charge in [-0.3, -0.25) is 9.78 Å². The lowest BCUT2D eigenvalue weighted by atomic mass is 10.1. The van der Waals surface area contributed by atoms with Gasteiger partial charge in [-0.15, -0.1) is 11.3 Å². The Morgan fingerprint density at radius 3 is 3.10 bits per heavy atom. The van der Waals surface area contributed by atoms with Gasteiger partial charge in [-0.05, 0) is 63.4 Å². The van der Waals surface area contributed by atoms with Crippen molar-refractivity contribution in [2.75, 3.05) is 20.1 Å². The maximum atomic E-state index is 12.9. The molecule has 4 aromatic rings. The van der Waals surface area contributed by atoms with Crippen molar-refractivity contribution in [2.24, 2.45) is 0 Å². The Morgan fingerprint density at radius 1 is 1.35 bits per heavy atom. The van der Waals surface area contributed by atoms with E-state index in [-0.39, 0.29) is 5.91 Å². The van der Waals surface area contributed by atoms with Gasteiger partial charge in [0.15, 0.2) is 0 Å². The second-order valence-electron chi connectivity index (χ2n) is 8.06. The minimum absolute atomic E-state index is 0.0833. The third kappa shape index (κ3) is 3.91. The van der Waals surface area contributed by atoms with E-state index in [0.717, 1.165) is 34.3 Å². The van der Waals surface area contributed by atoms with Crippen LogP contribution in [0, 0.1) is 6.92 Å². The number of likely N-dealkylation sites (tertiary alicyclic amines) is 1. The van der Waals surface area contributed by atoms with Crippen LogP contribution in [0.1, 0.15) is 35.4 Å². The normalized spacial score (nSPS) is 16.9. The second kappa shape index (κ2) is 8.32. The predicted octanol–water partition coefficient (Wildman–Crippen LogP) is 5.36. The van der Waals surface area contributed by atoms with Crippen LogP contribution in [-0.2, 0) is 0 Å². The monoisotopic (exact) mass is 435 g/mol. The molecule has 3 aromatic heterocycles. The zero-order chi connectivity index (χ0) is 21.4. The third-order valence-corrected chi connectivity index (χ3v) is 6.95. The van der Waals surface area contributed by atoms with E-state index < -0.39 is 0 Å². The maximum Gasteiger partial charge on any atom is 0.255 e. The van der Waals surface area contributed by atoms with Crippen molar-refractivity contribution in [3.63, 3.8) is 0 Å². The SMILES string of the molecule is Cc1oc2cc(Oc3ccnc4ccsc34)ccc2c1C(=O)NCCC1CCCN1C. The van der Waals surface area contributed by atoms with Gasteiger partial charge in [-0.25, -0.2) is 0 Å². The van der Waals surface area contributed by atoms with Gasteiger partial charge in [0.25, 0.3) is 5.91 Å². The zero-order valence-electron chi connectivity index (χ0n) is 17.7. The Morgan fingerprint density at radius 2 is 2.26 bits per heavy atom. The fraction of sp³-hybridized carbons (Fsp3) is 0.333. The quantitative estimate of drug-likeness (QED) is 0.442. The molecule has 1 aliphatic heterocycles. The predicted molar refractivity (Wildman–Crippen MR) is 123 cm³/mol. The molecular weight excluding hydrogens is 410 g/mol. The molecule has 0 bridgehead atoms. The van der Waals surface area contributed by atoms with Crippen LogP contribution in [0.5, 0.6) is 11.5 Å². The first kappa shape index (κ1) is 20.0. The van der Waals surface area contributed by atoms with Crippen molar-refractivity contribution >= 4 is 38.4 Å². The summed E-state index contributed by atoms with van der Waals surface area (Å²) >= 11 is 1.60. The largest absolute Gasteiger partial charge is 0.460 e. The zero-order valence-corrected chi connectivity index (χ0v) is 18.5. The summed E-state index contributed by atoms with van der Waals surface area (Å²) in [7, 11) is 2.16. The van der Waals surface area contributed by atoms with Crippen LogP contribution in [0.2, 0.25) is 0 Å². The molecule has 31 heavy (non-hydrogen) atoms. The molecule has 0 aliphatic carbocycles. The molecule has 5 rings (SSSR count). The average Bonchev–Trinajstić information content (AvgIpc) is 3.46. The smallest absolute Gasteiger partial charge is 0.255 e. The van der Waals surface area contributed by atoms with Crippen LogP contribution in [0.25, 0.3) is 21.2 Å². The summed E-state index contributed by atoms with van der Waals surface area (Å²) in [5.41, 5.74) is 2.17. The molecule has 1 fully saturated rings. The van der Waals surface area contributed by atoms with Crippen molar-refractivity contribution in [1.82, 2.24) is 15.2 Å². The number of hydrogen-bond donors (Lipinski definition) is 1. The van der Waals surface area contributed by atoms with Gasteiger partial charge in [0.1, 0.15) is 22.8 Å². The van der Waals surface area contributed by atoms with Crippen LogP contribution in [0.15, 0.2) is 46.3 Å². The van der Waals surface area contributed by atoms with Crippen molar-refractivity contribution < 1.29 is 13.9 Å². The van der Waals surface area contributed by atoms with E-state index in [1.54, 1.807) is 17.5 Å². The number of fused-ring (bicyclic) bond motifs is 2. The van der Waals surface area contributed by atoms with Gasteiger partial charge in [-0.1, -0.05) is 0 Å². The number of carbonyl (C=O) groups is 1. The summed E-state index contributed by atoms with van der Waals surface area (Å²) in [6, 6.07) is 10.0. The highest BCUT2D eigenvalue weighted by atomic mass is 32.1. The molecule has 1 aliphatic rings. The van der Waals surface area contributed by atoms with E-state index in [4.69, 9.17) is 9.15 Å². The molecule has 0 saturated carbocycles. The molecular formula is C24H25N3O3S. The Balaban J connectivity index is 1.33. The summed E-state index contributed by atoms with van der Waals surface area (Å²) in [5, 5.41) is 5.88. The number of benzene rings is 1. The Bertz CT molecular complexity index is 1250. The van der Waals surface area contributed by atoms with Gasteiger partial charge in [0, 0.05) is 36.3 Å². The van der Waals surface area contributed by atoms with Gasteiger partial charge < -0.3 is 19.4 Å². The highest BCUT2D eigenvalue weighted by Crippen LogP contribution is 2.35. The van der Waals surface area contributed by atoms with E-state index in [9.17, 15) is 4.79 Å². The van der Waals surface area contributed by atoms with Crippen molar-refractivity contribution in [3.8, 4) is 11.5 Å². The molecule has 1 aromatic carbocycles. The lowest BCUT2D eigenvalue weighted by molar-refractivity contribution is 0.0950. The topological polar surface area (TPSA) is 67.6 Å². The van der Waals surface area contributed by atoms with Gasteiger partial charge in [-0.2, -0.15) is 0 Å². The Labute approximate surface area is 184 Å². The standard InChI is InChI=1S/C24H25N3O3S/c1-15-22(24(28)26-10-7-16-4-3-12-27(16)2)18-6-5-17(14-21(18)29-15)30-20-8-11-25-19-9-13-31-23(19)20/h5-6,8-9,11,13-14,16H,3-4,7,10,12H2,1-2H3,(H,26,28). The number of carbonyl (C=O) groups excluding carboxylic acids is 1. The third-order valence-electron chi connectivity index (χ3n) is 6.03. The summed E-state index contributed by atoms with van der Waals surface area (Å²) in [6.45, 7) is 3.64. The number of aromatic nitrogens is 1. The van der Waals surface area contributed by atoms with Crippen molar-refractivity contribution in [3.05, 3.63) is 53.2 Å². The summed E-state index contributed by atoms with van der Waals surface area (Å²) in [4.78, 5) is 19.6. The number of furan rings is 1. The van der Waals surface area contributed by atoms with E-state index in [0.29, 0.717) is 35.2 Å². The number of thiophene rings is 1. The lowest BCUT2D eigenvalue weighted by Gasteiger charge is -2.19. The van der Waals surface area contributed by atoms with E-state index in [2.05, 4.69) is 22.2 Å². The Hall–Kier alpha value is -2.90. The Kier molecular flexibility index (Phi) is 5.38. The average molecular weight is 436 g/mol. The van der Waals surface area contributed by atoms with Gasteiger partial charge >= 0.3 is 0 Å². The number of amides is 1. The van der Waals surface area contributed by atoms with E-state index in [1.807, 2.05) is 42.6 Å². The first-order valence-corrected chi connectivity index (χ1v) is 11.5. The number of hydrogen-bond acceptors (Lipinski definition) is 6. The van der Waals surface area contributed by atoms with Gasteiger partial charge in [0.05, 0.1) is 15.8 Å². The van der Waals surface area contributed by atoms with Crippen LogP contribution >= 0.6 is 11.3 Å². The fourth-order valence-electron chi connectivity index (χ4n) is 4.39. The molecule has 4 heterocycles. The first-order valence-electron chi connectivity index (χ1n) is 10.6. The molecule has 1 amide bonds. The number of nitrogens with one attached hydrogen (secondary N) is 1. The molecule has 7 heteroatoms. The first-order chi connectivity index (χ1) is 15.1. The van der Waals surface area contributed by atoms with E-state index in [1.165, 1.54) is 12.8 Å². The summed E-state index contributed by atoms with van der Waals surface area (Å²) in [5.74, 6) is 1.96. The van der Waals surface area contributed by atoms with Crippen molar-refractivity contribution in [2.45, 2.75) is 32.2 Å².